The SMILES string of the molecule is COc1ccc(S(=O)(=O)Oc2ccc(/C=C3/SC(=S)NC3=O)cc2)cc1. The van der Waals surface area contributed by atoms with Crippen LogP contribution in [0.2, 0.25) is 0 Å². The molecule has 26 heavy (non-hydrogen) atoms. The first kappa shape index (κ1) is 18.4. The van der Waals surface area contributed by atoms with Gasteiger partial charge in [-0.2, -0.15) is 8.42 Å². The van der Waals surface area contributed by atoms with Gasteiger partial charge in [-0.1, -0.05) is 36.1 Å². The van der Waals surface area contributed by atoms with Crippen LogP contribution in [0.25, 0.3) is 6.08 Å². The zero-order chi connectivity index (χ0) is 18.7. The Balaban J connectivity index is 1.75. The minimum Gasteiger partial charge on any atom is -0.497 e. The Labute approximate surface area is 160 Å². The van der Waals surface area contributed by atoms with Crippen LogP contribution in [0.15, 0.2) is 58.3 Å². The van der Waals surface area contributed by atoms with E-state index in [1.165, 1.54) is 43.1 Å². The number of methoxy groups -OCH3 is 1. The molecule has 1 aliphatic rings. The summed E-state index contributed by atoms with van der Waals surface area (Å²) >= 11 is 6.11. The second kappa shape index (κ2) is 7.48. The fourth-order valence-electron chi connectivity index (χ4n) is 2.11. The maximum atomic E-state index is 12.3. The molecule has 1 heterocycles. The van der Waals surface area contributed by atoms with E-state index in [2.05, 4.69) is 5.32 Å². The lowest BCUT2D eigenvalue weighted by Crippen LogP contribution is -2.17. The summed E-state index contributed by atoms with van der Waals surface area (Å²) in [5, 5.41) is 2.53. The molecule has 1 saturated heterocycles. The molecule has 0 aliphatic carbocycles. The number of carbonyl (C=O) groups excluding carboxylic acids is 1. The third-order valence-corrected chi connectivity index (χ3v) is 5.80. The van der Waals surface area contributed by atoms with Gasteiger partial charge in [-0.05, 0) is 48.0 Å². The van der Waals surface area contributed by atoms with Crippen molar-refractivity contribution < 1.29 is 22.1 Å². The molecule has 6 nitrogen and oxygen atoms in total. The number of nitrogens with one attached hydrogen (secondary N) is 1. The molecule has 0 unspecified atom stereocenters. The Kier molecular flexibility index (Phi) is 5.30. The van der Waals surface area contributed by atoms with Crippen LogP contribution < -0.4 is 14.2 Å². The summed E-state index contributed by atoms with van der Waals surface area (Å²) in [6, 6.07) is 12.2. The molecule has 0 saturated carbocycles. The monoisotopic (exact) mass is 407 g/mol. The van der Waals surface area contributed by atoms with Crippen LogP contribution in [0.5, 0.6) is 11.5 Å². The Hall–Kier alpha value is -2.36. The van der Waals surface area contributed by atoms with Crippen molar-refractivity contribution in [1.29, 1.82) is 0 Å². The third-order valence-electron chi connectivity index (χ3n) is 3.37. The summed E-state index contributed by atoms with van der Waals surface area (Å²) in [5.41, 5.74) is 0.724. The molecule has 1 fully saturated rings. The summed E-state index contributed by atoms with van der Waals surface area (Å²) < 4.78 is 35.1. The van der Waals surface area contributed by atoms with Gasteiger partial charge in [-0.15, -0.1) is 0 Å². The van der Waals surface area contributed by atoms with Crippen molar-refractivity contribution in [3.63, 3.8) is 0 Å². The highest BCUT2D eigenvalue weighted by atomic mass is 32.2. The van der Waals surface area contributed by atoms with E-state index in [0.717, 1.165) is 5.56 Å². The van der Waals surface area contributed by atoms with Gasteiger partial charge in [0.15, 0.2) is 0 Å². The summed E-state index contributed by atoms with van der Waals surface area (Å²) in [4.78, 5) is 12.2. The molecule has 0 radical (unpaired) electrons. The van der Waals surface area contributed by atoms with E-state index in [9.17, 15) is 13.2 Å². The van der Waals surface area contributed by atoms with Crippen molar-refractivity contribution in [2.75, 3.05) is 7.11 Å². The van der Waals surface area contributed by atoms with Crippen molar-refractivity contribution >= 4 is 50.4 Å². The quantitative estimate of drug-likeness (QED) is 0.464. The zero-order valence-corrected chi connectivity index (χ0v) is 15.9. The van der Waals surface area contributed by atoms with Crippen LogP contribution in [0.4, 0.5) is 0 Å². The Morgan fingerprint density at radius 1 is 1.04 bits per heavy atom. The van der Waals surface area contributed by atoms with Crippen LogP contribution in [-0.2, 0) is 14.9 Å². The number of thiocarbonyl (C=S) groups is 1. The number of hydrogen-bond donors (Lipinski definition) is 1. The lowest BCUT2D eigenvalue weighted by Gasteiger charge is -2.08. The van der Waals surface area contributed by atoms with E-state index in [0.29, 0.717) is 15.0 Å². The highest BCUT2D eigenvalue weighted by molar-refractivity contribution is 8.26. The van der Waals surface area contributed by atoms with Gasteiger partial charge >= 0.3 is 10.1 Å². The number of benzene rings is 2. The van der Waals surface area contributed by atoms with E-state index in [-0.39, 0.29) is 16.6 Å². The summed E-state index contributed by atoms with van der Waals surface area (Å²) in [6.45, 7) is 0. The number of hydrogen-bond acceptors (Lipinski definition) is 7. The van der Waals surface area contributed by atoms with Crippen LogP contribution in [-0.4, -0.2) is 25.8 Å². The molecule has 3 rings (SSSR count). The lowest BCUT2D eigenvalue weighted by atomic mass is 10.2. The van der Waals surface area contributed by atoms with Crippen molar-refractivity contribution in [2.45, 2.75) is 4.90 Å². The average Bonchev–Trinajstić information content (AvgIpc) is 2.93. The van der Waals surface area contributed by atoms with Gasteiger partial charge in [0, 0.05) is 0 Å². The molecule has 134 valence electrons. The molecule has 9 heteroatoms. The molecule has 1 amide bonds. The van der Waals surface area contributed by atoms with E-state index in [1.807, 2.05) is 0 Å². The van der Waals surface area contributed by atoms with Crippen LogP contribution in [0.3, 0.4) is 0 Å². The predicted molar refractivity (Wildman–Crippen MR) is 104 cm³/mol. The third kappa shape index (κ3) is 4.24. The van der Waals surface area contributed by atoms with Crippen LogP contribution in [0, 0.1) is 0 Å². The molecule has 2 aromatic carbocycles. The lowest BCUT2D eigenvalue weighted by molar-refractivity contribution is -0.115. The predicted octanol–water partition coefficient (Wildman–Crippen LogP) is 2.95. The number of thioether (sulfide) groups is 1. The highest BCUT2D eigenvalue weighted by Gasteiger charge is 2.22. The minimum absolute atomic E-state index is 0.0250. The summed E-state index contributed by atoms with van der Waals surface area (Å²) in [7, 11) is -2.45. The molecule has 0 bridgehead atoms. The van der Waals surface area contributed by atoms with Crippen molar-refractivity contribution in [1.82, 2.24) is 5.32 Å². The maximum absolute atomic E-state index is 12.3. The Morgan fingerprint density at radius 3 is 2.19 bits per heavy atom. The van der Waals surface area contributed by atoms with Gasteiger partial charge in [0.05, 0.1) is 12.0 Å². The number of amides is 1. The Morgan fingerprint density at radius 2 is 1.65 bits per heavy atom. The van der Waals surface area contributed by atoms with Gasteiger partial charge in [0.25, 0.3) is 5.91 Å². The molecule has 0 spiro atoms. The van der Waals surface area contributed by atoms with Crippen LogP contribution >= 0.6 is 24.0 Å². The van der Waals surface area contributed by atoms with E-state index in [4.69, 9.17) is 21.1 Å². The molecular formula is C17H13NO5S3. The first-order valence-electron chi connectivity index (χ1n) is 7.31. The van der Waals surface area contributed by atoms with Gasteiger partial charge < -0.3 is 14.2 Å². The molecule has 1 N–H and O–H groups in total. The smallest absolute Gasteiger partial charge is 0.339 e. The molecule has 1 aliphatic heterocycles. The highest BCUT2D eigenvalue weighted by Crippen LogP contribution is 2.27. The molecular weight excluding hydrogens is 394 g/mol. The van der Waals surface area contributed by atoms with Crippen molar-refractivity contribution in [3.05, 3.63) is 59.0 Å². The molecule has 2 aromatic rings. The Bertz CT molecular complexity index is 980. The summed E-state index contributed by atoms with van der Waals surface area (Å²) in [6.07, 6.45) is 1.67. The second-order valence-electron chi connectivity index (χ2n) is 5.13. The fourth-order valence-corrected chi connectivity index (χ4v) is 4.08. The second-order valence-corrected chi connectivity index (χ2v) is 8.40. The van der Waals surface area contributed by atoms with Gasteiger partial charge in [0.1, 0.15) is 20.7 Å². The molecule has 0 aromatic heterocycles. The summed E-state index contributed by atoms with van der Waals surface area (Å²) in [5.74, 6) is 0.471. The zero-order valence-electron chi connectivity index (χ0n) is 13.5. The molecule has 0 atom stereocenters. The minimum atomic E-state index is -3.95. The largest absolute Gasteiger partial charge is 0.497 e. The van der Waals surface area contributed by atoms with Gasteiger partial charge in [-0.3, -0.25) is 4.79 Å². The van der Waals surface area contributed by atoms with Gasteiger partial charge in [-0.25, -0.2) is 0 Å². The number of rotatable bonds is 5. The van der Waals surface area contributed by atoms with E-state index in [1.54, 1.807) is 30.3 Å². The standard InChI is InChI=1S/C17H13NO5S3/c1-22-12-6-8-14(9-7-12)26(20,21)23-13-4-2-11(3-5-13)10-15-16(19)18-17(24)25-15/h2-10H,1H3,(H,18,19,24)/b15-10+. The average molecular weight is 407 g/mol. The topological polar surface area (TPSA) is 81.7 Å². The van der Waals surface area contributed by atoms with Crippen molar-refractivity contribution in [2.24, 2.45) is 0 Å². The van der Waals surface area contributed by atoms with Crippen LogP contribution in [0.1, 0.15) is 5.56 Å². The fraction of sp³-hybridized carbons (Fsp3) is 0.0588. The van der Waals surface area contributed by atoms with Gasteiger partial charge in [0.2, 0.25) is 0 Å². The van der Waals surface area contributed by atoms with E-state index < -0.39 is 10.1 Å². The normalized spacial score (nSPS) is 15.8. The van der Waals surface area contributed by atoms with Crippen molar-refractivity contribution in [3.8, 4) is 11.5 Å². The number of ether oxygens (including phenoxy) is 1. The maximum Gasteiger partial charge on any atom is 0.339 e. The first-order valence-corrected chi connectivity index (χ1v) is 9.94. The van der Waals surface area contributed by atoms with E-state index >= 15 is 0 Å². The number of carbonyl (C=O) groups is 1. The first-order chi connectivity index (χ1) is 12.4.